The van der Waals surface area contributed by atoms with E-state index in [0.29, 0.717) is 23.1 Å². The maximum absolute atomic E-state index is 13.1. The highest BCUT2D eigenvalue weighted by Crippen LogP contribution is 2.47. The van der Waals surface area contributed by atoms with Crippen LogP contribution in [-0.4, -0.2) is 35.7 Å². The van der Waals surface area contributed by atoms with Crippen molar-refractivity contribution in [1.29, 1.82) is 0 Å². The van der Waals surface area contributed by atoms with Gasteiger partial charge in [0, 0.05) is 26.7 Å². The summed E-state index contributed by atoms with van der Waals surface area (Å²) in [6, 6.07) is 15.5. The summed E-state index contributed by atoms with van der Waals surface area (Å²) < 4.78 is 6.50. The summed E-state index contributed by atoms with van der Waals surface area (Å²) in [5.74, 6) is 1.56. The number of ether oxygens (including phenoxy) is 1. The van der Waals surface area contributed by atoms with Crippen molar-refractivity contribution in [2.45, 2.75) is 63.2 Å². The minimum Gasteiger partial charge on any atom is -0.362 e. The number of likely N-dealkylation sites (tertiary alicyclic amines) is 1. The molecule has 0 radical (unpaired) electrons. The minimum atomic E-state index is -0.376. The molecule has 1 N–H and O–H groups in total. The molecule has 6 heteroatoms. The monoisotopic (exact) mass is 486 g/mol. The Bertz CT molecular complexity index is 950. The number of fused-ring (bicyclic) bond motifs is 2. The van der Waals surface area contributed by atoms with Gasteiger partial charge in [-0.3, -0.25) is 0 Å². The highest BCUT2D eigenvalue weighted by molar-refractivity contribution is 6.32. The van der Waals surface area contributed by atoms with Crippen molar-refractivity contribution in [2.24, 2.45) is 11.8 Å². The Morgan fingerprint density at radius 3 is 2.09 bits per heavy atom. The molecule has 1 aliphatic heterocycles. The van der Waals surface area contributed by atoms with Gasteiger partial charge < -0.3 is 15.0 Å². The normalized spacial score (nSPS) is 27.0. The van der Waals surface area contributed by atoms with Gasteiger partial charge in [-0.2, -0.15) is 0 Å². The number of nitrogens with zero attached hydrogens (tertiary/aromatic N) is 1. The minimum absolute atomic E-state index is 0.0369. The van der Waals surface area contributed by atoms with Gasteiger partial charge in [-0.05, 0) is 49.7 Å². The molecule has 1 heterocycles. The molecule has 3 fully saturated rings. The number of rotatable bonds is 6. The Morgan fingerprint density at radius 2 is 1.58 bits per heavy atom. The third-order valence-electron chi connectivity index (χ3n) is 7.90. The van der Waals surface area contributed by atoms with Crippen molar-refractivity contribution in [2.75, 3.05) is 13.1 Å². The fourth-order valence-electron chi connectivity index (χ4n) is 6.09. The lowest BCUT2D eigenvalue weighted by molar-refractivity contribution is -0.0658. The number of urea groups is 1. The van der Waals surface area contributed by atoms with Crippen LogP contribution in [0.1, 0.15) is 62.7 Å². The molecule has 2 aliphatic carbocycles. The van der Waals surface area contributed by atoms with Crippen molar-refractivity contribution in [3.63, 3.8) is 0 Å². The summed E-state index contributed by atoms with van der Waals surface area (Å²) >= 11 is 13.0. The molecule has 5 rings (SSSR count). The average Bonchev–Trinajstić information content (AvgIpc) is 3.13. The van der Waals surface area contributed by atoms with Crippen molar-refractivity contribution >= 4 is 29.2 Å². The summed E-state index contributed by atoms with van der Waals surface area (Å²) in [5.41, 5.74) is 1.74. The van der Waals surface area contributed by atoms with E-state index in [1.807, 2.05) is 53.4 Å². The van der Waals surface area contributed by atoms with Gasteiger partial charge in [0.05, 0.1) is 19.2 Å². The van der Waals surface area contributed by atoms with Gasteiger partial charge in [-0.1, -0.05) is 79.4 Å². The summed E-state index contributed by atoms with van der Waals surface area (Å²) in [6.07, 6.45) is 6.82. The zero-order valence-corrected chi connectivity index (χ0v) is 20.6. The molecule has 2 amide bonds. The number of hydrogen-bond acceptors (Lipinski definition) is 2. The molecule has 1 saturated heterocycles. The zero-order valence-electron chi connectivity index (χ0n) is 19.1. The molecule has 2 aromatic rings. The van der Waals surface area contributed by atoms with Gasteiger partial charge in [-0.25, -0.2) is 4.79 Å². The van der Waals surface area contributed by atoms with E-state index in [-0.39, 0.29) is 23.8 Å². The van der Waals surface area contributed by atoms with Crippen LogP contribution in [0.15, 0.2) is 48.5 Å². The van der Waals surface area contributed by atoms with Gasteiger partial charge >= 0.3 is 6.03 Å². The first-order valence-electron chi connectivity index (χ1n) is 12.2. The average molecular weight is 487 g/mol. The summed E-state index contributed by atoms with van der Waals surface area (Å²) in [7, 11) is 0. The molecule has 2 aromatic carbocycles. The second-order valence-electron chi connectivity index (χ2n) is 10.1. The summed E-state index contributed by atoms with van der Waals surface area (Å²) in [4.78, 5) is 15.0. The van der Waals surface area contributed by atoms with Gasteiger partial charge in [0.2, 0.25) is 0 Å². The van der Waals surface area contributed by atoms with Crippen LogP contribution in [-0.2, 0) is 4.74 Å². The highest BCUT2D eigenvalue weighted by atomic mass is 35.5. The lowest BCUT2D eigenvalue weighted by Crippen LogP contribution is -2.62. The predicted molar refractivity (Wildman–Crippen MR) is 133 cm³/mol. The quantitative estimate of drug-likeness (QED) is 0.484. The molecule has 3 aliphatic rings. The lowest BCUT2D eigenvalue weighted by Gasteiger charge is -2.45. The number of halogens is 2. The Labute approximate surface area is 206 Å². The number of amides is 2. The van der Waals surface area contributed by atoms with Crippen LogP contribution in [0.25, 0.3) is 0 Å². The Hall–Kier alpha value is -1.75. The molecule has 2 atom stereocenters. The van der Waals surface area contributed by atoms with Crippen molar-refractivity contribution < 1.29 is 9.53 Å². The first-order valence-corrected chi connectivity index (χ1v) is 12.9. The topological polar surface area (TPSA) is 41.6 Å². The van der Waals surface area contributed by atoms with Crippen LogP contribution >= 0.6 is 23.2 Å². The Kier molecular flexibility index (Phi) is 6.61. The molecule has 176 valence electrons. The van der Waals surface area contributed by atoms with E-state index >= 15 is 0 Å². The smallest absolute Gasteiger partial charge is 0.318 e. The molecule has 33 heavy (non-hydrogen) atoms. The maximum atomic E-state index is 13.1. The summed E-state index contributed by atoms with van der Waals surface area (Å²) in [5, 5.41) is 4.72. The highest BCUT2D eigenvalue weighted by Gasteiger charge is 2.45. The van der Waals surface area contributed by atoms with Gasteiger partial charge in [0.25, 0.3) is 0 Å². The SMILES string of the molecule is CCC1(NC(=O)N2CC(OC(c3ccccc3Cl)c3ccccc3Cl)C2)CC2CCC(C2)C1. The number of carbonyl (C=O) groups excluding carboxylic acids is 1. The van der Waals surface area contributed by atoms with Crippen molar-refractivity contribution in [1.82, 2.24) is 10.2 Å². The second-order valence-corrected chi connectivity index (χ2v) is 10.9. The molecular weight excluding hydrogens is 455 g/mol. The fourth-order valence-corrected chi connectivity index (χ4v) is 6.56. The van der Waals surface area contributed by atoms with E-state index in [4.69, 9.17) is 27.9 Å². The first-order chi connectivity index (χ1) is 16.0. The number of benzene rings is 2. The third-order valence-corrected chi connectivity index (χ3v) is 8.59. The van der Waals surface area contributed by atoms with Crippen molar-refractivity contribution in [3.05, 3.63) is 69.7 Å². The number of hydrogen-bond donors (Lipinski definition) is 1. The first kappa shape index (κ1) is 23.0. The van der Waals surface area contributed by atoms with E-state index in [0.717, 1.165) is 42.2 Å². The molecular formula is C27H32Cl2N2O2. The molecule has 0 spiro atoms. The van der Waals surface area contributed by atoms with E-state index in [2.05, 4.69) is 12.2 Å². The van der Waals surface area contributed by atoms with Crippen LogP contribution < -0.4 is 5.32 Å². The van der Waals surface area contributed by atoms with Crippen molar-refractivity contribution in [3.8, 4) is 0 Å². The van der Waals surface area contributed by atoms with Crippen LogP contribution in [0, 0.1) is 11.8 Å². The van der Waals surface area contributed by atoms with Gasteiger partial charge in [0.1, 0.15) is 6.10 Å². The van der Waals surface area contributed by atoms with E-state index < -0.39 is 0 Å². The molecule has 4 nitrogen and oxygen atoms in total. The standard InChI is InChI=1S/C27H32Cl2N2O2/c1-2-27(14-18-11-12-19(13-18)15-27)30-26(32)31-16-20(17-31)33-25(21-7-3-5-9-23(21)28)22-8-4-6-10-24(22)29/h3-10,18-20,25H,2,11-17H2,1H3,(H,30,32). The number of carbonyl (C=O) groups is 1. The fraction of sp³-hybridized carbons (Fsp3) is 0.519. The van der Waals surface area contributed by atoms with Gasteiger partial charge in [-0.15, -0.1) is 0 Å². The molecule has 2 bridgehead atoms. The molecule has 2 saturated carbocycles. The second kappa shape index (κ2) is 9.48. The zero-order chi connectivity index (χ0) is 23.0. The van der Waals surface area contributed by atoms with E-state index in [1.54, 1.807) is 0 Å². The Morgan fingerprint density at radius 1 is 1.03 bits per heavy atom. The number of nitrogens with one attached hydrogen (secondary N) is 1. The van der Waals surface area contributed by atoms with Crippen LogP contribution in [0.4, 0.5) is 4.79 Å². The third kappa shape index (κ3) is 4.76. The van der Waals surface area contributed by atoms with Crippen LogP contribution in [0.3, 0.4) is 0 Å². The van der Waals surface area contributed by atoms with E-state index in [9.17, 15) is 4.79 Å². The molecule has 0 aromatic heterocycles. The van der Waals surface area contributed by atoms with Crippen LogP contribution in [0.5, 0.6) is 0 Å². The van der Waals surface area contributed by atoms with E-state index in [1.165, 1.54) is 19.3 Å². The van der Waals surface area contributed by atoms with Crippen LogP contribution in [0.2, 0.25) is 10.0 Å². The molecule has 2 unspecified atom stereocenters. The summed E-state index contributed by atoms with van der Waals surface area (Å²) in [6.45, 7) is 3.36. The van der Waals surface area contributed by atoms with Gasteiger partial charge in [0.15, 0.2) is 0 Å². The largest absolute Gasteiger partial charge is 0.362 e. The predicted octanol–water partition coefficient (Wildman–Crippen LogP) is 6.85. The maximum Gasteiger partial charge on any atom is 0.318 e. The lowest BCUT2D eigenvalue weighted by atomic mass is 9.73. The Balaban J connectivity index is 1.24.